The van der Waals surface area contributed by atoms with Gasteiger partial charge in [-0.1, -0.05) is 0 Å². The molecule has 0 saturated carbocycles. The Hall–Kier alpha value is -1.84. The van der Waals surface area contributed by atoms with Crippen LogP contribution in [0.3, 0.4) is 0 Å². The van der Waals surface area contributed by atoms with Crippen LogP contribution >= 0.6 is 0 Å². The molecular weight excluding hydrogens is 193 g/mol. The molecule has 0 spiro atoms. The molecule has 1 aromatic carbocycles. The number of nitrogens with two attached hydrogens (primary N) is 1. The number of aromatic nitrogens is 2. The molecule has 0 amide bonds. The van der Waals surface area contributed by atoms with Crippen molar-refractivity contribution in [3.63, 3.8) is 0 Å². The van der Waals surface area contributed by atoms with E-state index >= 15 is 0 Å². The Morgan fingerprint density at radius 3 is 2.67 bits per heavy atom. The fraction of sp³-hybridized carbons (Fsp3) is 0.182. The molecule has 2 rings (SSSR count). The highest BCUT2D eigenvalue weighted by Gasteiger charge is 2.09. The van der Waals surface area contributed by atoms with Crippen molar-refractivity contribution >= 4 is 5.69 Å². The van der Waals surface area contributed by atoms with Crippen LogP contribution in [0.15, 0.2) is 24.4 Å². The van der Waals surface area contributed by atoms with Gasteiger partial charge in [-0.05, 0) is 25.1 Å². The van der Waals surface area contributed by atoms with Crippen LogP contribution in [0.4, 0.5) is 10.1 Å². The Kier molecular flexibility index (Phi) is 2.19. The topological polar surface area (TPSA) is 43.8 Å². The summed E-state index contributed by atoms with van der Waals surface area (Å²) in [5, 5.41) is 4.20. The summed E-state index contributed by atoms with van der Waals surface area (Å²) in [5.74, 6) is -0.289. The molecule has 0 aliphatic rings. The number of anilines is 1. The zero-order chi connectivity index (χ0) is 11.0. The molecule has 0 radical (unpaired) electrons. The van der Waals surface area contributed by atoms with Gasteiger partial charge in [0, 0.05) is 30.1 Å². The van der Waals surface area contributed by atoms with Gasteiger partial charge in [0.25, 0.3) is 0 Å². The van der Waals surface area contributed by atoms with E-state index in [1.54, 1.807) is 10.7 Å². The maximum atomic E-state index is 13.1. The van der Waals surface area contributed by atoms with E-state index in [4.69, 9.17) is 5.73 Å². The highest BCUT2D eigenvalue weighted by molar-refractivity contribution is 5.77. The molecule has 15 heavy (non-hydrogen) atoms. The second-order valence-electron chi connectivity index (χ2n) is 3.53. The van der Waals surface area contributed by atoms with Gasteiger partial charge in [0.2, 0.25) is 0 Å². The van der Waals surface area contributed by atoms with Gasteiger partial charge in [-0.3, -0.25) is 4.68 Å². The molecule has 0 fully saturated rings. The number of aryl methyl sites for hydroxylation is 2. The lowest BCUT2D eigenvalue weighted by molar-refractivity contribution is 0.628. The molecule has 0 saturated heterocycles. The quantitative estimate of drug-likeness (QED) is 0.725. The highest BCUT2D eigenvalue weighted by atomic mass is 19.1. The molecule has 3 nitrogen and oxygen atoms in total. The fourth-order valence-corrected chi connectivity index (χ4v) is 1.63. The Morgan fingerprint density at radius 1 is 1.33 bits per heavy atom. The van der Waals surface area contributed by atoms with E-state index in [9.17, 15) is 4.39 Å². The van der Waals surface area contributed by atoms with Gasteiger partial charge in [0.1, 0.15) is 5.82 Å². The Balaban J connectivity index is 2.62. The molecular formula is C11H12FN3. The second kappa shape index (κ2) is 3.38. The summed E-state index contributed by atoms with van der Waals surface area (Å²) in [7, 11) is 1.83. The van der Waals surface area contributed by atoms with Crippen LogP contribution in [0, 0.1) is 12.7 Å². The first kappa shape index (κ1) is 9.71. The standard InChI is InChI=1S/C11H12FN3/c1-7-10(6-15(2)14-7)9-5-8(12)3-4-11(9)13/h3-6H,13H2,1-2H3. The van der Waals surface area contributed by atoms with Crippen LogP contribution in [0.2, 0.25) is 0 Å². The second-order valence-corrected chi connectivity index (χ2v) is 3.53. The zero-order valence-electron chi connectivity index (χ0n) is 8.66. The largest absolute Gasteiger partial charge is 0.398 e. The Morgan fingerprint density at radius 2 is 2.07 bits per heavy atom. The van der Waals surface area contributed by atoms with E-state index in [0.29, 0.717) is 11.3 Å². The molecule has 2 aromatic rings. The summed E-state index contributed by atoms with van der Waals surface area (Å²) in [6.45, 7) is 1.87. The number of hydrogen-bond acceptors (Lipinski definition) is 2. The summed E-state index contributed by atoms with van der Waals surface area (Å²) >= 11 is 0. The lowest BCUT2D eigenvalue weighted by Crippen LogP contribution is -1.91. The first-order valence-corrected chi connectivity index (χ1v) is 4.63. The number of nitrogen functional groups attached to an aromatic ring is 1. The Labute approximate surface area is 87.3 Å². The molecule has 0 aliphatic carbocycles. The predicted octanol–water partition coefficient (Wildman–Crippen LogP) is 2.12. The molecule has 0 unspecified atom stereocenters. The SMILES string of the molecule is Cc1nn(C)cc1-c1cc(F)ccc1N. The van der Waals surface area contributed by atoms with Crippen LogP contribution < -0.4 is 5.73 Å². The molecule has 1 aromatic heterocycles. The molecule has 0 atom stereocenters. The fourth-order valence-electron chi connectivity index (χ4n) is 1.63. The highest BCUT2D eigenvalue weighted by Crippen LogP contribution is 2.28. The third-order valence-electron chi connectivity index (χ3n) is 2.32. The zero-order valence-corrected chi connectivity index (χ0v) is 8.66. The monoisotopic (exact) mass is 205 g/mol. The van der Waals surface area contributed by atoms with E-state index in [0.717, 1.165) is 11.3 Å². The van der Waals surface area contributed by atoms with Crippen LogP contribution in [-0.2, 0) is 7.05 Å². The maximum absolute atomic E-state index is 13.1. The smallest absolute Gasteiger partial charge is 0.123 e. The number of benzene rings is 1. The van der Waals surface area contributed by atoms with Gasteiger partial charge in [-0.25, -0.2) is 4.39 Å². The summed E-state index contributed by atoms with van der Waals surface area (Å²) in [6, 6.07) is 4.35. The first-order valence-electron chi connectivity index (χ1n) is 4.63. The van der Waals surface area contributed by atoms with Gasteiger partial charge in [-0.2, -0.15) is 5.10 Å². The molecule has 4 heteroatoms. The van der Waals surface area contributed by atoms with Crippen molar-refractivity contribution in [2.45, 2.75) is 6.92 Å². The van der Waals surface area contributed by atoms with Gasteiger partial charge >= 0.3 is 0 Å². The van der Waals surface area contributed by atoms with Crippen molar-refractivity contribution in [2.75, 3.05) is 5.73 Å². The predicted molar refractivity (Wildman–Crippen MR) is 57.8 cm³/mol. The molecule has 0 aliphatic heterocycles. The van der Waals surface area contributed by atoms with E-state index in [1.807, 2.05) is 20.2 Å². The van der Waals surface area contributed by atoms with Crippen molar-refractivity contribution in [1.29, 1.82) is 0 Å². The van der Waals surface area contributed by atoms with Gasteiger partial charge < -0.3 is 5.73 Å². The number of rotatable bonds is 1. The van der Waals surface area contributed by atoms with Gasteiger partial charge in [0.15, 0.2) is 0 Å². The average molecular weight is 205 g/mol. The molecule has 2 N–H and O–H groups in total. The van der Waals surface area contributed by atoms with Crippen molar-refractivity contribution in [3.8, 4) is 11.1 Å². The number of nitrogens with zero attached hydrogens (tertiary/aromatic N) is 2. The van der Waals surface area contributed by atoms with Gasteiger partial charge in [0.05, 0.1) is 5.69 Å². The van der Waals surface area contributed by atoms with Crippen molar-refractivity contribution in [2.24, 2.45) is 7.05 Å². The van der Waals surface area contributed by atoms with Crippen LogP contribution in [0.25, 0.3) is 11.1 Å². The maximum Gasteiger partial charge on any atom is 0.123 e. The summed E-state index contributed by atoms with van der Waals surface area (Å²) < 4.78 is 14.8. The minimum absolute atomic E-state index is 0.289. The van der Waals surface area contributed by atoms with Crippen molar-refractivity contribution < 1.29 is 4.39 Å². The van der Waals surface area contributed by atoms with Crippen LogP contribution in [0.1, 0.15) is 5.69 Å². The number of halogens is 1. The lowest BCUT2D eigenvalue weighted by Gasteiger charge is -2.03. The first-order chi connectivity index (χ1) is 7.08. The summed E-state index contributed by atoms with van der Waals surface area (Å²) in [6.07, 6.45) is 1.83. The van der Waals surface area contributed by atoms with E-state index in [-0.39, 0.29) is 5.82 Å². The van der Waals surface area contributed by atoms with Crippen molar-refractivity contribution in [3.05, 3.63) is 35.9 Å². The third kappa shape index (κ3) is 1.70. The normalized spacial score (nSPS) is 10.6. The van der Waals surface area contributed by atoms with Crippen molar-refractivity contribution in [1.82, 2.24) is 9.78 Å². The minimum Gasteiger partial charge on any atom is -0.398 e. The molecule has 0 bridgehead atoms. The van der Waals surface area contributed by atoms with E-state index in [1.165, 1.54) is 12.1 Å². The van der Waals surface area contributed by atoms with Crippen LogP contribution in [0.5, 0.6) is 0 Å². The van der Waals surface area contributed by atoms with E-state index < -0.39 is 0 Å². The summed E-state index contributed by atoms with van der Waals surface area (Å²) in [5.41, 5.74) is 8.77. The Bertz CT molecular complexity index is 503. The number of hydrogen-bond donors (Lipinski definition) is 1. The van der Waals surface area contributed by atoms with Gasteiger partial charge in [-0.15, -0.1) is 0 Å². The minimum atomic E-state index is -0.289. The van der Waals surface area contributed by atoms with Crippen LogP contribution in [-0.4, -0.2) is 9.78 Å². The lowest BCUT2D eigenvalue weighted by atomic mass is 10.1. The average Bonchev–Trinajstić information content (AvgIpc) is 2.50. The molecule has 1 heterocycles. The van der Waals surface area contributed by atoms with E-state index in [2.05, 4.69) is 5.10 Å². The molecule has 78 valence electrons. The third-order valence-corrected chi connectivity index (χ3v) is 2.32. The summed E-state index contributed by atoms with van der Waals surface area (Å²) in [4.78, 5) is 0.